The molecule has 0 fully saturated rings. The van der Waals surface area contributed by atoms with Gasteiger partial charge in [0.1, 0.15) is 18.1 Å². The van der Waals surface area contributed by atoms with Gasteiger partial charge in [-0.15, -0.1) is 0 Å². The second kappa shape index (κ2) is 9.82. The molecule has 1 aromatic carbocycles. The van der Waals surface area contributed by atoms with Gasteiger partial charge in [-0.1, -0.05) is 13.0 Å². The van der Waals surface area contributed by atoms with Crippen molar-refractivity contribution in [1.29, 1.82) is 0 Å². The summed E-state index contributed by atoms with van der Waals surface area (Å²) < 4.78 is 10.9. The van der Waals surface area contributed by atoms with Crippen LogP contribution < -0.4 is 20.1 Å². The smallest absolute Gasteiger partial charge is 0.191 e. The Morgan fingerprint density at radius 3 is 2.79 bits per heavy atom. The van der Waals surface area contributed by atoms with E-state index in [0.717, 1.165) is 24.0 Å². The SMILES string of the molecule is CN=C(NCCOc1cccc(OC)c1)NCC(C)c1ccsc1. The van der Waals surface area contributed by atoms with E-state index in [-0.39, 0.29) is 0 Å². The number of benzene rings is 1. The van der Waals surface area contributed by atoms with Crippen LogP contribution in [0.1, 0.15) is 18.4 Å². The summed E-state index contributed by atoms with van der Waals surface area (Å²) in [5, 5.41) is 10.9. The molecule has 6 heteroatoms. The van der Waals surface area contributed by atoms with Crippen LogP contribution in [0.5, 0.6) is 11.5 Å². The van der Waals surface area contributed by atoms with Crippen molar-refractivity contribution in [1.82, 2.24) is 10.6 Å². The van der Waals surface area contributed by atoms with Gasteiger partial charge in [-0.2, -0.15) is 11.3 Å². The second-order valence-corrected chi connectivity index (χ2v) is 6.15. The fraction of sp³-hybridized carbons (Fsp3) is 0.389. The van der Waals surface area contributed by atoms with Crippen LogP contribution in [0.25, 0.3) is 0 Å². The van der Waals surface area contributed by atoms with Crippen molar-refractivity contribution in [3.63, 3.8) is 0 Å². The number of ether oxygens (including phenoxy) is 2. The fourth-order valence-electron chi connectivity index (χ4n) is 2.17. The zero-order chi connectivity index (χ0) is 17.2. The normalized spacial score (nSPS) is 12.5. The molecular weight excluding hydrogens is 322 g/mol. The van der Waals surface area contributed by atoms with E-state index in [1.165, 1.54) is 5.56 Å². The van der Waals surface area contributed by atoms with Gasteiger partial charge in [-0.05, 0) is 40.4 Å². The molecule has 2 rings (SSSR count). The van der Waals surface area contributed by atoms with Crippen LogP contribution in [-0.2, 0) is 0 Å². The summed E-state index contributed by atoms with van der Waals surface area (Å²) in [6.45, 7) is 4.26. The number of methoxy groups -OCH3 is 1. The van der Waals surface area contributed by atoms with E-state index < -0.39 is 0 Å². The van der Waals surface area contributed by atoms with Gasteiger partial charge in [0, 0.05) is 19.7 Å². The summed E-state index contributed by atoms with van der Waals surface area (Å²) in [6.07, 6.45) is 0. The molecule has 24 heavy (non-hydrogen) atoms. The first-order valence-electron chi connectivity index (χ1n) is 7.96. The third-order valence-corrected chi connectivity index (χ3v) is 4.32. The summed E-state index contributed by atoms with van der Waals surface area (Å²) in [5.74, 6) is 2.82. The molecule has 0 spiro atoms. The van der Waals surface area contributed by atoms with Crippen LogP contribution in [0.3, 0.4) is 0 Å². The number of thiophene rings is 1. The number of aliphatic imine (C=N–C) groups is 1. The molecule has 0 amide bonds. The molecule has 2 aromatic rings. The Kier molecular flexibility index (Phi) is 7.42. The number of nitrogens with zero attached hydrogens (tertiary/aromatic N) is 1. The molecule has 1 heterocycles. The van der Waals surface area contributed by atoms with E-state index >= 15 is 0 Å². The molecule has 1 unspecified atom stereocenters. The molecule has 0 aliphatic heterocycles. The maximum absolute atomic E-state index is 5.70. The van der Waals surface area contributed by atoms with Gasteiger partial charge < -0.3 is 20.1 Å². The number of hydrogen-bond donors (Lipinski definition) is 2. The molecule has 2 N–H and O–H groups in total. The highest BCUT2D eigenvalue weighted by Crippen LogP contribution is 2.18. The van der Waals surface area contributed by atoms with Crippen molar-refractivity contribution in [3.8, 4) is 11.5 Å². The summed E-state index contributed by atoms with van der Waals surface area (Å²) in [6, 6.07) is 9.75. The summed E-state index contributed by atoms with van der Waals surface area (Å²) in [7, 11) is 3.42. The van der Waals surface area contributed by atoms with Crippen molar-refractivity contribution in [2.75, 3.05) is 33.9 Å². The lowest BCUT2D eigenvalue weighted by atomic mass is 10.1. The average molecular weight is 347 g/mol. The Morgan fingerprint density at radius 2 is 2.08 bits per heavy atom. The lowest BCUT2D eigenvalue weighted by Crippen LogP contribution is -2.40. The largest absolute Gasteiger partial charge is 0.497 e. The van der Waals surface area contributed by atoms with Gasteiger partial charge in [-0.25, -0.2) is 0 Å². The highest BCUT2D eigenvalue weighted by Gasteiger charge is 2.06. The van der Waals surface area contributed by atoms with E-state index in [1.807, 2.05) is 24.3 Å². The Balaban J connectivity index is 1.68. The van der Waals surface area contributed by atoms with E-state index in [4.69, 9.17) is 9.47 Å². The molecule has 0 aliphatic carbocycles. The maximum atomic E-state index is 5.70. The van der Waals surface area contributed by atoms with Crippen molar-refractivity contribution < 1.29 is 9.47 Å². The van der Waals surface area contributed by atoms with Crippen LogP contribution in [0.4, 0.5) is 0 Å². The third kappa shape index (κ3) is 5.77. The minimum Gasteiger partial charge on any atom is -0.497 e. The van der Waals surface area contributed by atoms with Crippen LogP contribution in [0.15, 0.2) is 46.1 Å². The highest BCUT2D eigenvalue weighted by molar-refractivity contribution is 7.07. The topological polar surface area (TPSA) is 54.9 Å². The van der Waals surface area contributed by atoms with Gasteiger partial charge in [0.25, 0.3) is 0 Å². The summed E-state index contributed by atoms with van der Waals surface area (Å²) in [4.78, 5) is 4.23. The predicted octanol–water partition coefficient (Wildman–Crippen LogP) is 3.10. The minimum atomic E-state index is 0.447. The predicted molar refractivity (Wildman–Crippen MR) is 101 cm³/mol. The second-order valence-electron chi connectivity index (χ2n) is 5.37. The monoisotopic (exact) mass is 347 g/mol. The van der Waals surface area contributed by atoms with Crippen molar-refractivity contribution in [2.45, 2.75) is 12.8 Å². The lowest BCUT2D eigenvalue weighted by Gasteiger charge is -2.15. The van der Waals surface area contributed by atoms with E-state index in [0.29, 0.717) is 19.1 Å². The number of hydrogen-bond acceptors (Lipinski definition) is 4. The molecular formula is C18H25N3O2S. The number of nitrogens with one attached hydrogen (secondary N) is 2. The van der Waals surface area contributed by atoms with Gasteiger partial charge in [0.15, 0.2) is 5.96 Å². The first kappa shape index (κ1) is 18.1. The zero-order valence-electron chi connectivity index (χ0n) is 14.4. The Labute approximate surface area is 147 Å². The molecule has 0 radical (unpaired) electrons. The van der Waals surface area contributed by atoms with Crippen molar-refractivity contribution >= 4 is 17.3 Å². The minimum absolute atomic E-state index is 0.447. The standard InChI is InChI=1S/C18H25N3O2S/c1-14(15-7-10-24-13-15)12-21-18(19-2)20-8-9-23-17-6-4-5-16(11-17)22-3/h4-7,10-11,13-14H,8-9,12H2,1-3H3,(H2,19,20,21). The van der Waals surface area contributed by atoms with Gasteiger partial charge in [0.2, 0.25) is 0 Å². The van der Waals surface area contributed by atoms with E-state index in [2.05, 4.69) is 39.4 Å². The van der Waals surface area contributed by atoms with Gasteiger partial charge in [-0.3, -0.25) is 4.99 Å². The van der Waals surface area contributed by atoms with Crippen LogP contribution in [-0.4, -0.2) is 39.8 Å². The Hall–Kier alpha value is -2.21. The van der Waals surface area contributed by atoms with Crippen LogP contribution in [0, 0.1) is 0 Å². The summed E-state index contributed by atoms with van der Waals surface area (Å²) >= 11 is 1.73. The Bertz CT molecular complexity index is 629. The molecule has 0 aliphatic rings. The molecule has 130 valence electrons. The van der Waals surface area contributed by atoms with E-state index in [9.17, 15) is 0 Å². The quantitative estimate of drug-likeness (QED) is 0.438. The fourth-order valence-corrected chi connectivity index (χ4v) is 2.96. The van der Waals surface area contributed by atoms with Gasteiger partial charge >= 0.3 is 0 Å². The van der Waals surface area contributed by atoms with Crippen molar-refractivity contribution in [3.05, 3.63) is 46.7 Å². The van der Waals surface area contributed by atoms with Crippen molar-refractivity contribution in [2.24, 2.45) is 4.99 Å². The highest BCUT2D eigenvalue weighted by atomic mass is 32.1. The third-order valence-electron chi connectivity index (χ3n) is 3.62. The summed E-state index contributed by atoms with van der Waals surface area (Å²) in [5.41, 5.74) is 1.35. The first-order chi connectivity index (χ1) is 11.7. The molecule has 0 saturated carbocycles. The molecule has 0 saturated heterocycles. The lowest BCUT2D eigenvalue weighted by molar-refractivity contribution is 0.319. The first-order valence-corrected chi connectivity index (χ1v) is 8.90. The van der Waals surface area contributed by atoms with E-state index in [1.54, 1.807) is 25.5 Å². The maximum Gasteiger partial charge on any atom is 0.191 e. The number of rotatable bonds is 8. The molecule has 1 aromatic heterocycles. The number of guanidine groups is 1. The zero-order valence-corrected chi connectivity index (χ0v) is 15.2. The Morgan fingerprint density at radius 1 is 1.25 bits per heavy atom. The van der Waals surface area contributed by atoms with Crippen LogP contribution in [0.2, 0.25) is 0 Å². The van der Waals surface area contributed by atoms with Gasteiger partial charge in [0.05, 0.1) is 13.7 Å². The molecule has 5 nitrogen and oxygen atoms in total. The molecule has 0 bridgehead atoms. The van der Waals surface area contributed by atoms with Crippen LogP contribution >= 0.6 is 11.3 Å². The molecule has 1 atom stereocenters. The average Bonchev–Trinajstić information content (AvgIpc) is 3.16.